The van der Waals surface area contributed by atoms with Crippen molar-refractivity contribution in [2.45, 2.75) is 52.5 Å². The summed E-state index contributed by atoms with van der Waals surface area (Å²) in [6, 6.07) is 0.908. The first-order chi connectivity index (χ1) is 9.00. The van der Waals surface area contributed by atoms with Crippen molar-refractivity contribution in [2.24, 2.45) is 11.3 Å². The average molecular weight is 285 g/mol. The number of hydrogen-bond donors (Lipinski definition) is 1. The molecule has 0 aromatic heterocycles. The monoisotopic (exact) mass is 284 g/mol. The Kier molecular flexibility index (Phi) is 5.62. The van der Waals surface area contributed by atoms with Gasteiger partial charge < -0.3 is 4.90 Å². The lowest BCUT2D eigenvalue weighted by Crippen LogP contribution is -2.51. The molecule has 1 atom stereocenters. The van der Waals surface area contributed by atoms with Gasteiger partial charge in [-0.2, -0.15) is 12.6 Å². The molecular weight excluding hydrogens is 252 g/mol. The Bertz CT molecular complexity index is 260. The molecule has 2 rings (SSSR count). The molecule has 1 saturated carbocycles. The van der Waals surface area contributed by atoms with Gasteiger partial charge in [0.05, 0.1) is 0 Å². The van der Waals surface area contributed by atoms with Gasteiger partial charge >= 0.3 is 0 Å². The fourth-order valence-corrected chi connectivity index (χ4v) is 4.16. The normalized spacial score (nSPS) is 25.9. The van der Waals surface area contributed by atoms with E-state index >= 15 is 0 Å². The molecule has 3 heteroatoms. The van der Waals surface area contributed by atoms with Crippen LogP contribution in [0.3, 0.4) is 0 Å². The smallest absolute Gasteiger partial charge is 0.0113 e. The number of rotatable bonds is 4. The maximum absolute atomic E-state index is 4.56. The zero-order chi connectivity index (χ0) is 13.9. The van der Waals surface area contributed by atoms with E-state index in [2.05, 4.69) is 43.2 Å². The van der Waals surface area contributed by atoms with Gasteiger partial charge in [0.15, 0.2) is 0 Å². The van der Waals surface area contributed by atoms with Crippen LogP contribution in [0.25, 0.3) is 0 Å². The van der Waals surface area contributed by atoms with Crippen molar-refractivity contribution in [3.8, 4) is 0 Å². The minimum absolute atomic E-state index is 0.379. The molecule has 0 radical (unpaired) electrons. The molecular formula is C16H32N2S. The molecule has 0 aromatic rings. The Balaban J connectivity index is 1.76. The Morgan fingerprint density at radius 1 is 1.05 bits per heavy atom. The second-order valence-electron chi connectivity index (χ2n) is 7.52. The summed E-state index contributed by atoms with van der Waals surface area (Å²) in [5, 5.41) is 0. The summed E-state index contributed by atoms with van der Waals surface area (Å²) in [6.45, 7) is 13.4. The predicted octanol–water partition coefficient (Wildman–Crippen LogP) is 3.14. The fraction of sp³-hybridized carbons (Fsp3) is 1.00. The van der Waals surface area contributed by atoms with Crippen molar-refractivity contribution in [3.63, 3.8) is 0 Å². The number of hydrogen-bond acceptors (Lipinski definition) is 3. The van der Waals surface area contributed by atoms with Crippen LogP contribution < -0.4 is 0 Å². The van der Waals surface area contributed by atoms with Crippen molar-refractivity contribution >= 4 is 12.6 Å². The van der Waals surface area contributed by atoms with E-state index in [1.54, 1.807) is 0 Å². The summed E-state index contributed by atoms with van der Waals surface area (Å²) in [7, 11) is 0. The fourth-order valence-electron chi connectivity index (χ4n) is 3.50. The zero-order valence-electron chi connectivity index (χ0n) is 13.1. The third-order valence-corrected chi connectivity index (χ3v) is 5.61. The summed E-state index contributed by atoms with van der Waals surface area (Å²) in [5.74, 6) is 1.71. The van der Waals surface area contributed by atoms with Crippen molar-refractivity contribution in [2.75, 3.05) is 38.5 Å². The van der Waals surface area contributed by atoms with Crippen LogP contribution in [0.4, 0.5) is 0 Å². The Labute approximate surface area is 125 Å². The van der Waals surface area contributed by atoms with E-state index in [-0.39, 0.29) is 0 Å². The van der Waals surface area contributed by atoms with Crippen LogP contribution in [-0.4, -0.2) is 54.3 Å². The van der Waals surface area contributed by atoms with Crippen LogP contribution in [0.15, 0.2) is 0 Å². The van der Waals surface area contributed by atoms with Gasteiger partial charge in [0.1, 0.15) is 0 Å². The molecule has 0 amide bonds. The molecule has 1 heterocycles. The molecule has 1 aliphatic carbocycles. The minimum Gasteiger partial charge on any atom is -0.300 e. The van der Waals surface area contributed by atoms with Gasteiger partial charge in [-0.3, -0.25) is 4.90 Å². The largest absolute Gasteiger partial charge is 0.300 e. The average Bonchev–Trinajstić information content (AvgIpc) is 2.89. The van der Waals surface area contributed by atoms with Crippen LogP contribution in [0.1, 0.15) is 46.5 Å². The first kappa shape index (κ1) is 15.7. The Hall–Kier alpha value is 0.270. The number of piperazine rings is 1. The highest BCUT2D eigenvalue weighted by molar-refractivity contribution is 7.80. The van der Waals surface area contributed by atoms with Gasteiger partial charge in [0.25, 0.3) is 0 Å². The quantitative estimate of drug-likeness (QED) is 0.792. The highest BCUT2D eigenvalue weighted by Gasteiger charge is 2.29. The molecule has 0 aromatic carbocycles. The SMILES string of the molecule is CC(C)(C)C(CS)CN1CCN(C2CCCC2)CC1. The van der Waals surface area contributed by atoms with E-state index in [4.69, 9.17) is 0 Å². The number of thiol groups is 1. The molecule has 1 saturated heterocycles. The van der Waals surface area contributed by atoms with Crippen molar-refractivity contribution in [1.29, 1.82) is 0 Å². The van der Waals surface area contributed by atoms with Crippen molar-refractivity contribution in [3.05, 3.63) is 0 Å². The molecule has 19 heavy (non-hydrogen) atoms. The van der Waals surface area contributed by atoms with Crippen LogP contribution in [0.2, 0.25) is 0 Å². The molecule has 1 unspecified atom stereocenters. The van der Waals surface area contributed by atoms with Crippen molar-refractivity contribution < 1.29 is 0 Å². The zero-order valence-corrected chi connectivity index (χ0v) is 14.0. The summed E-state index contributed by atoms with van der Waals surface area (Å²) in [6.07, 6.45) is 5.80. The van der Waals surface area contributed by atoms with E-state index in [0.29, 0.717) is 11.3 Å². The van der Waals surface area contributed by atoms with Crippen LogP contribution in [0.5, 0.6) is 0 Å². The summed E-state index contributed by atoms with van der Waals surface area (Å²) in [4.78, 5) is 5.41. The Morgan fingerprint density at radius 3 is 2.11 bits per heavy atom. The lowest BCUT2D eigenvalue weighted by Gasteiger charge is -2.41. The molecule has 112 valence electrons. The van der Waals surface area contributed by atoms with Gasteiger partial charge in [-0.25, -0.2) is 0 Å². The summed E-state index contributed by atoms with van der Waals surface area (Å²) >= 11 is 4.56. The molecule has 0 N–H and O–H groups in total. The highest BCUT2D eigenvalue weighted by atomic mass is 32.1. The molecule has 0 spiro atoms. The summed E-state index contributed by atoms with van der Waals surface area (Å²) < 4.78 is 0. The second-order valence-corrected chi connectivity index (χ2v) is 7.89. The molecule has 2 fully saturated rings. The number of nitrogens with zero attached hydrogens (tertiary/aromatic N) is 2. The predicted molar refractivity (Wildman–Crippen MR) is 87.1 cm³/mol. The van der Waals surface area contributed by atoms with E-state index in [9.17, 15) is 0 Å². The lowest BCUT2D eigenvalue weighted by molar-refractivity contribution is 0.0743. The second kappa shape index (κ2) is 6.82. The van der Waals surface area contributed by atoms with Gasteiger partial charge in [-0.1, -0.05) is 33.6 Å². The standard InChI is InChI=1S/C16H32N2S/c1-16(2,3)14(13-19)12-17-8-10-18(11-9-17)15-6-4-5-7-15/h14-15,19H,4-13H2,1-3H3. The van der Waals surface area contributed by atoms with E-state index in [1.165, 1.54) is 58.4 Å². The Morgan fingerprint density at radius 2 is 1.63 bits per heavy atom. The first-order valence-electron chi connectivity index (χ1n) is 8.08. The lowest BCUT2D eigenvalue weighted by atomic mass is 9.81. The first-order valence-corrected chi connectivity index (χ1v) is 8.71. The van der Waals surface area contributed by atoms with Gasteiger partial charge in [0, 0.05) is 38.8 Å². The molecule has 2 aliphatic rings. The van der Waals surface area contributed by atoms with Crippen LogP contribution in [-0.2, 0) is 0 Å². The summed E-state index contributed by atoms with van der Waals surface area (Å²) in [5.41, 5.74) is 0.379. The van der Waals surface area contributed by atoms with Gasteiger partial charge in [-0.15, -0.1) is 0 Å². The van der Waals surface area contributed by atoms with E-state index in [1.807, 2.05) is 0 Å². The maximum Gasteiger partial charge on any atom is 0.0113 e. The van der Waals surface area contributed by atoms with Crippen molar-refractivity contribution in [1.82, 2.24) is 9.80 Å². The van der Waals surface area contributed by atoms with Crippen LogP contribution in [0, 0.1) is 11.3 Å². The maximum atomic E-state index is 4.56. The van der Waals surface area contributed by atoms with Crippen LogP contribution >= 0.6 is 12.6 Å². The highest BCUT2D eigenvalue weighted by Crippen LogP contribution is 2.29. The van der Waals surface area contributed by atoms with Gasteiger partial charge in [-0.05, 0) is 29.9 Å². The molecule has 0 bridgehead atoms. The third-order valence-electron chi connectivity index (χ3n) is 5.17. The third kappa shape index (κ3) is 4.37. The van der Waals surface area contributed by atoms with Gasteiger partial charge in [0.2, 0.25) is 0 Å². The molecule has 1 aliphatic heterocycles. The molecule has 2 nitrogen and oxygen atoms in total. The topological polar surface area (TPSA) is 6.48 Å². The van der Waals surface area contributed by atoms with E-state index in [0.717, 1.165) is 11.8 Å². The van der Waals surface area contributed by atoms with E-state index < -0.39 is 0 Å². The minimum atomic E-state index is 0.379.